The van der Waals surface area contributed by atoms with Crippen LogP contribution in [-0.4, -0.2) is 37.0 Å². The molecule has 0 aromatic carbocycles. The normalized spacial score (nSPS) is 26.6. The van der Waals surface area contributed by atoms with E-state index in [0.29, 0.717) is 11.7 Å². The van der Waals surface area contributed by atoms with E-state index in [9.17, 15) is 4.79 Å². The van der Waals surface area contributed by atoms with E-state index in [1.165, 1.54) is 0 Å². The summed E-state index contributed by atoms with van der Waals surface area (Å²) in [4.78, 5) is 14.2. The molecule has 2 atom stereocenters. The molecule has 2 saturated heterocycles. The van der Waals surface area contributed by atoms with E-state index in [-0.39, 0.29) is 18.3 Å². The molecule has 2 unspecified atom stereocenters. The minimum Gasteiger partial charge on any atom is -0.459 e. The molecule has 1 aromatic heterocycles. The number of hydrogen-bond donors (Lipinski definition) is 1. The minimum atomic E-state index is 0. The number of likely N-dealkylation sites (tertiary alicyclic amines) is 1. The molecule has 2 aliphatic heterocycles. The zero-order valence-electron chi connectivity index (χ0n) is 10.5. The van der Waals surface area contributed by atoms with Gasteiger partial charge in [0.05, 0.1) is 6.26 Å². The van der Waals surface area contributed by atoms with Crippen molar-refractivity contribution in [2.75, 3.05) is 26.2 Å². The zero-order chi connectivity index (χ0) is 11.8. The molecular weight excluding hydrogens is 252 g/mol. The van der Waals surface area contributed by atoms with Gasteiger partial charge in [0, 0.05) is 18.7 Å². The van der Waals surface area contributed by atoms with Crippen LogP contribution in [-0.2, 0) is 0 Å². The average Bonchev–Trinajstić information content (AvgIpc) is 2.95. The Morgan fingerprint density at radius 1 is 1.44 bits per heavy atom. The van der Waals surface area contributed by atoms with Crippen LogP contribution < -0.4 is 5.32 Å². The van der Waals surface area contributed by atoms with Gasteiger partial charge in [0.2, 0.25) is 0 Å². The zero-order valence-corrected chi connectivity index (χ0v) is 11.3. The molecule has 1 aromatic rings. The SMILES string of the molecule is Cc1ccoc1C(=O)N1CCC2CNCC2C1.Cl. The van der Waals surface area contributed by atoms with Crippen molar-refractivity contribution in [2.24, 2.45) is 11.8 Å². The third-order valence-electron chi connectivity index (χ3n) is 4.05. The number of aryl methyl sites for hydroxylation is 1. The quantitative estimate of drug-likeness (QED) is 0.845. The molecule has 4 nitrogen and oxygen atoms in total. The maximum absolute atomic E-state index is 12.3. The third kappa shape index (κ3) is 2.27. The average molecular weight is 271 g/mol. The molecule has 5 heteroatoms. The lowest BCUT2D eigenvalue weighted by atomic mass is 9.88. The Labute approximate surface area is 113 Å². The fraction of sp³-hybridized carbons (Fsp3) is 0.615. The van der Waals surface area contributed by atoms with Gasteiger partial charge in [-0.3, -0.25) is 4.79 Å². The van der Waals surface area contributed by atoms with Crippen molar-refractivity contribution in [1.29, 1.82) is 0 Å². The lowest BCUT2D eigenvalue weighted by Crippen LogP contribution is -2.43. The van der Waals surface area contributed by atoms with Gasteiger partial charge in [0.1, 0.15) is 0 Å². The molecule has 2 fully saturated rings. The maximum Gasteiger partial charge on any atom is 0.289 e. The fourth-order valence-electron chi connectivity index (χ4n) is 2.95. The van der Waals surface area contributed by atoms with E-state index in [0.717, 1.165) is 44.1 Å². The molecule has 3 rings (SSSR count). The van der Waals surface area contributed by atoms with Crippen LogP contribution in [0.2, 0.25) is 0 Å². The van der Waals surface area contributed by atoms with Crippen LogP contribution in [0.1, 0.15) is 22.5 Å². The van der Waals surface area contributed by atoms with E-state index < -0.39 is 0 Å². The first kappa shape index (κ1) is 13.4. The highest BCUT2D eigenvalue weighted by Gasteiger charge is 2.35. The fourth-order valence-corrected chi connectivity index (χ4v) is 2.95. The van der Waals surface area contributed by atoms with Gasteiger partial charge in [-0.05, 0) is 44.3 Å². The summed E-state index contributed by atoms with van der Waals surface area (Å²) in [5, 5.41) is 3.41. The summed E-state index contributed by atoms with van der Waals surface area (Å²) in [5.41, 5.74) is 0.932. The Hall–Kier alpha value is -1.00. The molecule has 0 radical (unpaired) electrons. The summed E-state index contributed by atoms with van der Waals surface area (Å²) in [6.45, 7) is 5.82. The highest BCUT2D eigenvalue weighted by Crippen LogP contribution is 2.27. The monoisotopic (exact) mass is 270 g/mol. The highest BCUT2D eigenvalue weighted by atomic mass is 35.5. The third-order valence-corrected chi connectivity index (χ3v) is 4.05. The van der Waals surface area contributed by atoms with Crippen molar-refractivity contribution in [3.63, 3.8) is 0 Å². The number of rotatable bonds is 1. The summed E-state index contributed by atoms with van der Waals surface area (Å²) in [5.74, 6) is 1.95. The van der Waals surface area contributed by atoms with Crippen LogP contribution in [0.25, 0.3) is 0 Å². The van der Waals surface area contributed by atoms with Crippen LogP contribution in [0, 0.1) is 18.8 Å². The molecule has 0 spiro atoms. The van der Waals surface area contributed by atoms with Crippen LogP contribution in [0.15, 0.2) is 16.7 Å². The second-order valence-corrected chi connectivity index (χ2v) is 5.15. The summed E-state index contributed by atoms with van der Waals surface area (Å²) >= 11 is 0. The van der Waals surface area contributed by atoms with E-state index in [1.54, 1.807) is 6.26 Å². The van der Waals surface area contributed by atoms with Crippen LogP contribution in [0.5, 0.6) is 0 Å². The first-order valence-corrected chi connectivity index (χ1v) is 6.30. The topological polar surface area (TPSA) is 45.5 Å². The summed E-state index contributed by atoms with van der Waals surface area (Å²) < 4.78 is 5.28. The van der Waals surface area contributed by atoms with Crippen molar-refractivity contribution >= 4 is 18.3 Å². The number of halogens is 1. The second kappa shape index (κ2) is 5.33. The number of fused-ring (bicyclic) bond motifs is 1. The Morgan fingerprint density at radius 3 is 2.94 bits per heavy atom. The van der Waals surface area contributed by atoms with Crippen LogP contribution in [0.4, 0.5) is 0 Å². The standard InChI is InChI=1S/C13H18N2O2.ClH/c1-9-3-5-17-12(9)13(16)15-4-2-10-6-14-7-11(10)8-15;/h3,5,10-11,14H,2,4,6-8H2,1H3;1H. The number of amides is 1. The first-order chi connectivity index (χ1) is 8.25. The molecule has 3 heterocycles. The van der Waals surface area contributed by atoms with Crippen molar-refractivity contribution in [2.45, 2.75) is 13.3 Å². The Bertz CT molecular complexity index is 432. The second-order valence-electron chi connectivity index (χ2n) is 5.15. The van der Waals surface area contributed by atoms with Gasteiger partial charge in [-0.15, -0.1) is 12.4 Å². The van der Waals surface area contributed by atoms with E-state index >= 15 is 0 Å². The number of nitrogens with zero attached hydrogens (tertiary/aromatic N) is 1. The largest absolute Gasteiger partial charge is 0.459 e. The predicted octanol–water partition coefficient (Wildman–Crippen LogP) is 1.69. The van der Waals surface area contributed by atoms with E-state index in [2.05, 4.69) is 5.32 Å². The number of nitrogens with one attached hydrogen (secondary N) is 1. The van der Waals surface area contributed by atoms with Gasteiger partial charge in [-0.1, -0.05) is 0 Å². The van der Waals surface area contributed by atoms with Gasteiger partial charge >= 0.3 is 0 Å². The number of hydrogen-bond acceptors (Lipinski definition) is 3. The van der Waals surface area contributed by atoms with Crippen LogP contribution in [0.3, 0.4) is 0 Å². The molecule has 1 amide bonds. The van der Waals surface area contributed by atoms with Crippen molar-refractivity contribution in [3.05, 3.63) is 23.7 Å². The predicted molar refractivity (Wildman–Crippen MR) is 71.1 cm³/mol. The molecule has 2 aliphatic rings. The van der Waals surface area contributed by atoms with Gasteiger partial charge in [0.15, 0.2) is 5.76 Å². The molecule has 100 valence electrons. The van der Waals surface area contributed by atoms with Crippen molar-refractivity contribution < 1.29 is 9.21 Å². The Balaban J connectivity index is 0.00000120. The van der Waals surface area contributed by atoms with Crippen molar-refractivity contribution in [3.8, 4) is 0 Å². The summed E-state index contributed by atoms with van der Waals surface area (Å²) in [6, 6.07) is 1.84. The van der Waals surface area contributed by atoms with Gasteiger partial charge in [-0.25, -0.2) is 0 Å². The molecule has 0 bridgehead atoms. The lowest BCUT2D eigenvalue weighted by Gasteiger charge is -2.34. The van der Waals surface area contributed by atoms with E-state index in [4.69, 9.17) is 4.42 Å². The maximum atomic E-state index is 12.3. The summed E-state index contributed by atoms with van der Waals surface area (Å²) in [6.07, 6.45) is 2.70. The van der Waals surface area contributed by atoms with E-state index in [1.807, 2.05) is 17.9 Å². The molecular formula is C13H19ClN2O2. The first-order valence-electron chi connectivity index (χ1n) is 6.30. The minimum absolute atomic E-state index is 0. The highest BCUT2D eigenvalue weighted by molar-refractivity contribution is 5.92. The number of carbonyl (C=O) groups excluding carboxylic acids is 1. The Morgan fingerprint density at radius 2 is 2.22 bits per heavy atom. The Kier molecular flexibility index (Phi) is 3.97. The number of piperidine rings is 1. The molecule has 18 heavy (non-hydrogen) atoms. The number of carbonyl (C=O) groups is 1. The lowest BCUT2D eigenvalue weighted by molar-refractivity contribution is 0.0610. The van der Waals surface area contributed by atoms with Crippen LogP contribution >= 0.6 is 12.4 Å². The number of furan rings is 1. The van der Waals surface area contributed by atoms with Gasteiger partial charge in [0.25, 0.3) is 5.91 Å². The van der Waals surface area contributed by atoms with Crippen molar-refractivity contribution in [1.82, 2.24) is 10.2 Å². The molecule has 0 saturated carbocycles. The molecule has 1 N–H and O–H groups in total. The smallest absolute Gasteiger partial charge is 0.289 e. The summed E-state index contributed by atoms with van der Waals surface area (Å²) in [7, 11) is 0. The van der Waals surface area contributed by atoms with Gasteiger partial charge < -0.3 is 14.6 Å². The van der Waals surface area contributed by atoms with Gasteiger partial charge in [-0.2, -0.15) is 0 Å². The molecule has 0 aliphatic carbocycles.